The maximum absolute atomic E-state index is 13.0. The predicted molar refractivity (Wildman–Crippen MR) is 105 cm³/mol. The summed E-state index contributed by atoms with van der Waals surface area (Å²) in [7, 11) is 2.85. The second-order valence-electron chi connectivity index (χ2n) is 6.73. The molecule has 30 heavy (non-hydrogen) atoms. The summed E-state index contributed by atoms with van der Waals surface area (Å²) in [6, 6.07) is 5.64. The van der Waals surface area contributed by atoms with Crippen LogP contribution < -0.4 is 21.3 Å². The van der Waals surface area contributed by atoms with Gasteiger partial charge in [-0.1, -0.05) is 12.1 Å². The second-order valence-corrected chi connectivity index (χ2v) is 6.73. The molecule has 0 unspecified atom stereocenters. The molecule has 1 aromatic carbocycles. The molecule has 1 aromatic heterocycles. The predicted octanol–water partition coefficient (Wildman–Crippen LogP) is 2.08. The van der Waals surface area contributed by atoms with Crippen LogP contribution in [-0.4, -0.2) is 28.3 Å². The van der Waals surface area contributed by atoms with E-state index in [1.165, 1.54) is 42.9 Å². The van der Waals surface area contributed by atoms with Crippen molar-refractivity contribution in [1.82, 2.24) is 9.13 Å². The number of nitrogens with one attached hydrogen (secondary N) is 1. The van der Waals surface area contributed by atoms with Gasteiger partial charge in [0.1, 0.15) is 11.6 Å². The summed E-state index contributed by atoms with van der Waals surface area (Å²) >= 11 is 0. The van der Waals surface area contributed by atoms with Gasteiger partial charge in [-0.05, 0) is 31.5 Å². The summed E-state index contributed by atoms with van der Waals surface area (Å²) in [5.74, 6) is -1.30. The minimum Gasteiger partial charge on any atom is -0.463 e. The van der Waals surface area contributed by atoms with Gasteiger partial charge in [-0.15, -0.1) is 0 Å². The highest BCUT2D eigenvalue weighted by atomic mass is 19.3. The van der Waals surface area contributed by atoms with Crippen molar-refractivity contribution in [2.24, 2.45) is 14.1 Å². The van der Waals surface area contributed by atoms with Crippen LogP contribution in [0.25, 0.3) is 0 Å². The van der Waals surface area contributed by atoms with E-state index in [9.17, 15) is 23.2 Å². The molecule has 0 spiro atoms. The van der Waals surface area contributed by atoms with E-state index in [0.29, 0.717) is 11.3 Å². The maximum Gasteiger partial charge on any atom is 0.387 e. The first kappa shape index (κ1) is 21.3. The van der Waals surface area contributed by atoms with Crippen molar-refractivity contribution in [3.8, 4) is 5.75 Å². The average molecular weight is 421 g/mol. The summed E-state index contributed by atoms with van der Waals surface area (Å²) in [4.78, 5) is 38.1. The topological polar surface area (TPSA) is 91.6 Å². The molecular formula is C20H21F2N3O5. The number of anilines is 1. The van der Waals surface area contributed by atoms with Crippen LogP contribution in [0.3, 0.4) is 0 Å². The molecule has 1 aliphatic heterocycles. The summed E-state index contributed by atoms with van der Waals surface area (Å²) in [6.07, 6.45) is 0. The van der Waals surface area contributed by atoms with Crippen molar-refractivity contribution in [3.63, 3.8) is 0 Å². The van der Waals surface area contributed by atoms with Gasteiger partial charge in [0.05, 0.1) is 23.7 Å². The SMILES string of the molecule is CCOC(=O)C1=C(C)Nc2c(c(=O)n(C)c(=O)n2C)[C@@H]1c1ccc(OC(F)F)cc1. The van der Waals surface area contributed by atoms with Crippen LogP contribution >= 0.6 is 0 Å². The molecule has 1 atom stereocenters. The van der Waals surface area contributed by atoms with Gasteiger partial charge in [0.25, 0.3) is 5.56 Å². The lowest BCUT2D eigenvalue weighted by Gasteiger charge is -2.30. The maximum atomic E-state index is 13.0. The first-order valence-electron chi connectivity index (χ1n) is 9.16. The molecule has 2 heterocycles. The van der Waals surface area contributed by atoms with Crippen molar-refractivity contribution in [3.05, 3.63) is 67.5 Å². The van der Waals surface area contributed by atoms with Gasteiger partial charge in [-0.3, -0.25) is 13.9 Å². The Morgan fingerprint density at radius 3 is 2.37 bits per heavy atom. The van der Waals surface area contributed by atoms with E-state index in [4.69, 9.17) is 4.74 Å². The minimum absolute atomic E-state index is 0.0605. The fourth-order valence-corrected chi connectivity index (χ4v) is 3.54. The summed E-state index contributed by atoms with van der Waals surface area (Å²) in [5, 5.41) is 2.97. The van der Waals surface area contributed by atoms with Gasteiger partial charge >= 0.3 is 18.3 Å². The Morgan fingerprint density at radius 2 is 1.80 bits per heavy atom. The van der Waals surface area contributed by atoms with Crippen LogP contribution in [0.4, 0.5) is 14.6 Å². The summed E-state index contributed by atoms with van der Waals surface area (Å²) in [6.45, 7) is 0.446. The Bertz CT molecular complexity index is 1130. The smallest absolute Gasteiger partial charge is 0.387 e. The van der Waals surface area contributed by atoms with Gasteiger partial charge in [0.15, 0.2) is 0 Å². The number of hydrogen-bond donors (Lipinski definition) is 1. The zero-order valence-corrected chi connectivity index (χ0v) is 16.9. The molecule has 2 aromatic rings. The first-order chi connectivity index (χ1) is 14.2. The molecule has 0 amide bonds. The van der Waals surface area contributed by atoms with E-state index in [2.05, 4.69) is 10.1 Å². The highest BCUT2D eigenvalue weighted by Crippen LogP contribution is 2.40. The number of allylic oxidation sites excluding steroid dienone is 1. The van der Waals surface area contributed by atoms with Crippen molar-refractivity contribution in [2.45, 2.75) is 26.4 Å². The number of carbonyl (C=O) groups is 1. The van der Waals surface area contributed by atoms with Crippen LogP contribution in [0.5, 0.6) is 5.75 Å². The van der Waals surface area contributed by atoms with E-state index in [1.54, 1.807) is 13.8 Å². The second kappa shape index (κ2) is 8.13. The lowest BCUT2D eigenvalue weighted by Crippen LogP contribution is -2.43. The van der Waals surface area contributed by atoms with Crippen LogP contribution in [-0.2, 0) is 23.6 Å². The van der Waals surface area contributed by atoms with Gasteiger partial charge < -0.3 is 14.8 Å². The molecule has 3 rings (SSSR count). The quantitative estimate of drug-likeness (QED) is 0.744. The number of rotatable bonds is 5. The Kier molecular flexibility index (Phi) is 5.77. The van der Waals surface area contributed by atoms with Gasteiger partial charge in [-0.2, -0.15) is 8.78 Å². The summed E-state index contributed by atoms with van der Waals surface area (Å²) in [5.41, 5.74) is 0.170. The molecule has 0 radical (unpaired) electrons. The van der Waals surface area contributed by atoms with Crippen LogP contribution in [0.2, 0.25) is 0 Å². The monoisotopic (exact) mass is 421 g/mol. The Labute approximate surface area is 170 Å². The molecule has 1 aliphatic rings. The number of alkyl halides is 2. The number of hydrogen-bond acceptors (Lipinski definition) is 6. The molecule has 1 N–H and O–H groups in total. The van der Waals surface area contributed by atoms with Crippen molar-refractivity contribution in [1.29, 1.82) is 0 Å². The number of fused-ring (bicyclic) bond motifs is 1. The third-order valence-electron chi connectivity index (χ3n) is 4.92. The molecular weight excluding hydrogens is 400 g/mol. The Morgan fingerprint density at radius 1 is 1.17 bits per heavy atom. The van der Waals surface area contributed by atoms with Crippen LogP contribution in [0.1, 0.15) is 30.9 Å². The lowest BCUT2D eigenvalue weighted by molar-refractivity contribution is -0.138. The number of aromatic nitrogens is 2. The first-order valence-corrected chi connectivity index (χ1v) is 9.16. The Balaban J connectivity index is 2.27. The van der Waals surface area contributed by atoms with E-state index < -0.39 is 29.7 Å². The lowest BCUT2D eigenvalue weighted by atomic mass is 9.82. The third kappa shape index (κ3) is 3.60. The molecule has 0 saturated heterocycles. The standard InChI is InChI=1S/C20H21F2N3O5/c1-5-29-18(27)13-10(2)23-16-15(17(26)25(4)20(28)24(16)3)14(13)11-6-8-12(9-7-11)30-19(21)22/h6-9,14,19,23H,5H2,1-4H3/t14-/m1/s1. The normalized spacial score (nSPS) is 15.6. The van der Waals surface area contributed by atoms with E-state index in [-0.39, 0.29) is 29.3 Å². The molecule has 0 fully saturated rings. The highest BCUT2D eigenvalue weighted by molar-refractivity contribution is 5.94. The third-order valence-corrected chi connectivity index (χ3v) is 4.92. The van der Waals surface area contributed by atoms with Crippen LogP contribution in [0, 0.1) is 0 Å². The Hall–Kier alpha value is -3.43. The number of halogens is 2. The largest absolute Gasteiger partial charge is 0.463 e. The number of ether oxygens (including phenoxy) is 2. The minimum atomic E-state index is -2.98. The van der Waals surface area contributed by atoms with Crippen molar-refractivity contribution >= 4 is 11.8 Å². The molecule has 10 heteroatoms. The molecule has 0 saturated carbocycles. The molecule has 0 bridgehead atoms. The number of benzene rings is 1. The van der Waals surface area contributed by atoms with Crippen molar-refractivity contribution < 1.29 is 23.0 Å². The average Bonchev–Trinajstić information content (AvgIpc) is 2.70. The summed E-state index contributed by atoms with van der Waals surface area (Å²) < 4.78 is 36.8. The number of carbonyl (C=O) groups excluding carboxylic acids is 1. The molecule has 160 valence electrons. The zero-order chi connectivity index (χ0) is 22.2. The van der Waals surface area contributed by atoms with Gasteiger partial charge in [-0.25, -0.2) is 9.59 Å². The fourth-order valence-electron chi connectivity index (χ4n) is 3.54. The van der Waals surface area contributed by atoms with Gasteiger partial charge in [0, 0.05) is 19.8 Å². The van der Waals surface area contributed by atoms with Crippen molar-refractivity contribution in [2.75, 3.05) is 11.9 Å². The van der Waals surface area contributed by atoms with E-state index in [1.807, 2.05) is 0 Å². The molecule has 8 nitrogen and oxygen atoms in total. The fraction of sp³-hybridized carbons (Fsp3) is 0.350. The number of nitrogens with zero attached hydrogens (tertiary/aromatic N) is 2. The van der Waals surface area contributed by atoms with Crippen LogP contribution in [0.15, 0.2) is 45.1 Å². The van der Waals surface area contributed by atoms with Gasteiger partial charge in [0.2, 0.25) is 0 Å². The van der Waals surface area contributed by atoms with E-state index in [0.717, 1.165) is 4.57 Å². The zero-order valence-electron chi connectivity index (χ0n) is 16.9. The number of esters is 1. The highest BCUT2D eigenvalue weighted by Gasteiger charge is 2.37. The molecule has 0 aliphatic carbocycles. The van der Waals surface area contributed by atoms with E-state index >= 15 is 0 Å².